The summed E-state index contributed by atoms with van der Waals surface area (Å²) in [7, 11) is 3.76. The molecule has 0 aliphatic rings. The van der Waals surface area contributed by atoms with Gasteiger partial charge >= 0.3 is 6.18 Å². The first-order valence-electron chi connectivity index (χ1n) is 9.08. The number of aromatic nitrogens is 2. The fourth-order valence-electron chi connectivity index (χ4n) is 2.65. The van der Waals surface area contributed by atoms with E-state index in [9.17, 15) is 18.0 Å². The molecule has 29 heavy (non-hydrogen) atoms. The molecule has 0 spiro atoms. The fourth-order valence-corrected chi connectivity index (χ4v) is 3.51. The molecule has 2 rings (SSSR count). The van der Waals surface area contributed by atoms with Gasteiger partial charge in [0.1, 0.15) is 0 Å². The number of carbonyl (C=O) groups excluding carboxylic acids is 1. The Bertz CT molecular complexity index is 822. The molecule has 0 radical (unpaired) electrons. The molecule has 1 aromatic heterocycles. The molecule has 9 heteroatoms. The second kappa shape index (κ2) is 10.1. The van der Waals surface area contributed by atoms with Crippen LogP contribution in [0.1, 0.15) is 22.5 Å². The largest absolute Gasteiger partial charge is 0.416 e. The van der Waals surface area contributed by atoms with Crippen molar-refractivity contribution in [1.82, 2.24) is 19.8 Å². The lowest BCUT2D eigenvalue weighted by Crippen LogP contribution is -2.37. The Morgan fingerprint density at radius 2 is 1.72 bits per heavy atom. The van der Waals surface area contributed by atoms with Gasteiger partial charge in [-0.15, -0.1) is 0 Å². The maximum Gasteiger partial charge on any atom is 0.416 e. The highest BCUT2D eigenvalue weighted by Gasteiger charge is 2.30. The molecule has 0 atom stereocenters. The van der Waals surface area contributed by atoms with Crippen molar-refractivity contribution in [3.05, 3.63) is 52.8 Å². The highest BCUT2D eigenvalue weighted by molar-refractivity contribution is 7.99. The van der Waals surface area contributed by atoms with E-state index in [4.69, 9.17) is 0 Å². The quantitative estimate of drug-likeness (QED) is 0.475. The number of amides is 1. The topological polar surface area (TPSA) is 49.3 Å². The third-order valence-corrected chi connectivity index (χ3v) is 4.92. The van der Waals surface area contributed by atoms with E-state index >= 15 is 0 Å². The summed E-state index contributed by atoms with van der Waals surface area (Å²) in [6.45, 7) is 4.85. The number of likely N-dealkylation sites (N-methyl/N-ethyl adjacent to an activating group) is 1. The number of alkyl halides is 3. The number of aryl methyl sites for hydroxylation is 2. The van der Waals surface area contributed by atoms with Gasteiger partial charge in [-0.25, -0.2) is 9.97 Å². The van der Waals surface area contributed by atoms with E-state index in [1.54, 1.807) is 11.0 Å². The minimum atomic E-state index is -4.41. The highest BCUT2D eigenvalue weighted by Crippen LogP contribution is 2.29. The van der Waals surface area contributed by atoms with Crippen molar-refractivity contribution in [2.75, 3.05) is 32.9 Å². The monoisotopic (exact) mass is 426 g/mol. The van der Waals surface area contributed by atoms with Crippen LogP contribution in [-0.2, 0) is 17.5 Å². The zero-order valence-corrected chi connectivity index (χ0v) is 17.8. The van der Waals surface area contributed by atoms with Gasteiger partial charge in [-0.3, -0.25) is 4.79 Å². The number of thioether (sulfide) groups is 1. The van der Waals surface area contributed by atoms with Crippen LogP contribution >= 0.6 is 11.8 Å². The first kappa shape index (κ1) is 23.2. The molecule has 5 nitrogen and oxygen atoms in total. The van der Waals surface area contributed by atoms with Gasteiger partial charge in [0.15, 0.2) is 5.16 Å². The van der Waals surface area contributed by atoms with Gasteiger partial charge in [-0.05, 0) is 51.7 Å². The molecule has 0 aliphatic carbocycles. The van der Waals surface area contributed by atoms with Crippen LogP contribution in [0.25, 0.3) is 0 Å². The Kier molecular flexibility index (Phi) is 8.04. The zero-order chi connectivity index (χ0) is 21.6. The molecule has 0 unspecified atom stereocenters. The van der Waals surface area contributed by atoms with Crippen LogP contribution in [0.4, 0.5) is 13.2 Å². The van der Waals surface area contributed by atoms with Crippen molar-refractivity contribution >= 4 is 17.7 Å². The molecule has 2 aromatic rings. The standard InChI is InChI=1S/C20H25F3N4OS/c1-14-10-15(2)25-19(24-14)29-13-18(28)27(9-8-26(3)4)12-16-6-5-7-17(11-16)20(21,22)23/h5-7,10-11H,8-9,12-13H2,1-4H3. The summed E-state index contributed by atoms with van der Waals surface area (Å²) >= 11 is 1.23. The maximum absolute atomic E-state index is 13.0. The summed E-state index contributed by atoms with van der Waals surface area (Å²) in [4.78, 5) is 24.9. The van der Waals surface area contributed by atoms with Gasteiger partial charge in [0.05, 0.1) is 11.3 Å². The zero-order valence-electron chi connectivity index (χ0n) is 17.0. The summed E-state index contributed by atoms with van der Waals surface area (Å²) in [5, 5.41) is 0.516. The molecule has 1 heterocycles. The minimum Gasteiger partial charge on any atom is -0.336 e. The third kappa shape index (κ3) is 7.66. The Balaban J connectivity index is 2.11. The van der Waals surface area contributed by atoms with Gasteiger partial charge in [-0.2, -0.15) is 13.2 Å². The second-order valence-corrected chi connectivity index (χ2v) is 7.98. The molecule has 158 valence electrons. The van der Waals surface area contributed by atoms with Crippen molar-refractivity contribution in [3.8, 4) is 0 Å². The summed E-state index contributed by atoms with van der Waals surface area (Å²) in [5.74, 6) is -0.0491. The average Bonchev–Trinajstić information content (AvgIpc) is 2.61. The van der Waals surface area contributed by atoms with Crippen LogP contribution in [0.15, 0.2) is 35.5 Å². The number of rotatable bonds is 8. The Labute approximate surface area is 173 Å². The molecular weight excluding hydrogens is 401 g/mol. The SMILES string of the molecule is Cc1cc(C)nc(SCC(=O)N(CCN(C)C)Cc2cccc(C(F)(F)F)c2)n1. The lowest BCUT2D eigenvalue weighted by atomic mass is 10.1. The van der Waals surface area contributed by atoms with Crippen LogP contribution < -0.4 is 0 Å². The van der Waals surface area contributed by atoms with E-state index in [1.165, 1.54) is 17.8 Å². The number of hydrogen-bond donors (Lipinski definition) is 0. The molecule has 0 saturated carbocycles. The van der Waals surface area contributed by atoms with E-state index < -0.39 is 11.7 Å². The first-order valence-corrected chi connectivity index (χ1v) is 10.1. The van der Waals surface area contributed by atoms with Crippen molar-refractivity contribution in [3.63, 3.8) is 0 Å². The maximum atomic E-state index is 13.0. The summed E-state index contributed by atoms with van der Waals surface area (Å²) in [5.41, 5.74) is 1.37. The Morgan fingerprint density at radius 3 is 2.31 bits per heavy atom. The van der Waals surface area contributed by atoms with E-state index in [0.717, 1.165) is 23.5 Å². The van der Waals surface area contributed by atoms with Gasteiger partial charge < -0.3 is 9.80 Å². The Hall–Kier alpha value is -2.13. The lowest BCUT2D eigenvalue weighted by molar-refractivity contribution is -0.137. The molecule has 0 N–H and O–H groups in total. The van der Waals surface area contributed by atoms with Crippen LogP contribution in [0.2, 0.25) is 0 Å². The van der Waals surface area contributed by atoms with Gasteiger partial charge in [0, 0.05) is 31.0 Å². The van der Waals surface area contributed by atoms with Crippen LogP contribution in [0.5, 0.6) is 0 Å². The number of carbonyl (C=O) groups is 1. The van der Waals surface area contributed by atoms with Gasteiger partial charge in [0.2, 0.25) is 5.91 Å². The van der Waals surface area contributed by atoms with Crippen molar-refractivity contribution in [2.24, 2.45) is 0 Å². The molecule has 0 bridgehead atoms. The minimum absolute atomic E-state index is 0.116. The summed E-state index contributed by atoms with van der Waals surface area (Å²) < 4.78 is 39.0. The number of hydrogen-bond acceptors (Lipinski definition) is 5. The van der Waals surface area contributed by atoms with Gasteiger partial charge in [0.25, 0.3) is 0 Å². The van der Waals surface area contributed by atoms with Crippen LogP contribution in [-0.4, -0.2) is 58.6 Å². The molecule has 0 fully saturated rings. The van der Waals surface area contributed by atoms with Crippen molar-refractivity contribution in [2.45, 2.75) is 31.7 Å². The van der Waals surface area contributed by atoms with E-state index in [2.05, 4.69) is 9.97 Å². The molecule has 1 aromatic carbocycles. The highest BCUT2D eigenvalue weighted by atomic mass is 32.2. The van der Waals surface area contributed by atoms with E-state index in [1.807, 2.05) is 38.9 Å². The number of halogens is 3. The van der Waals surface area contributed by atoms with E-state index in [0.29, 0.717) is 23.8 Å². The predicted octanol–water partition coefficient (Wildman–Crippen LogP) is 3.79. The summed E-state index contributed by atoms with van der Waals surface area (Å²) in [6, 6.07) is 6.94. The van der Waals surface area contributed by atoms with Crippen molar-refractivity contribution < 1.29 is 18.0 Å². The van der Waals surface area contributed by atoms with Crippen molar-refractivity contribution in [1.29, 1.82) is 0 Å². The summed E-state index contributed by atoms with van der Waals surface area (Å²) in [6.07, 6.45) is -4.41. The molecule has 0 saturated heterocycles. The second-order valence-electron chi connectivity index (χ2n) is 7.04. The predicted molar refractivity (Wildman–Crippen MR) is 108 cm³/mol. The normalized spacial score (nSPS) is 11.7. The molecule has 1 amide bonds. The average molecular weight is 427 g/mol. The third-order valence-electron chi connectivity index (χ3n) is 4.08. The first-order chi connectivity index (χ1) is 13.5. The van der Waals surface area contributed by atoms with Crippen LogP contribution in [0, 0.1) is 13.8 Å². The fraction of sp³-hybridized carbons (Fsp3) is 0.450. The smallest absolute Gasteiger partial charge is 0.336 e. The lowest BCUT2D eigenvalue weighted by Gasteiger charge is -2.25. The van der Waals surface area contributed by atoms with Crippen LogP contribution in [0.3, 0.4) is 0 Å². The van der Waals surface area contributed by atoms with E-state index in [-0.39, 0.29) is 18.2 Å². The Morgan fingerprint density at radius 1 is 1.07 bits per heavy atom. The molecule has 0 aliphatic heterocycles. The number of nitrogens with zero attached hydrogens (tertiary/aromatic N) is 4. The van der Waals surface area contributed by atoms with Gasteiger partial charge in [-0.1, -0.05) is 23.9 Å². The molecular formula is C20H25F3N4OS. The number of benzene rings is 1.